The van der Waals surface area contributed by atoms with Gasteiger partial charge in [-0.1, -0.05) is 30.7 Å². The highest BCUT2D eigenvalue weighted by molar-refractivity contribution is 6.30. The lowest BCUT2D eigenvalue weighted by Gasteiger charge is -2.36. The molecule has 1 aliphatic rings. The van der Waals surface area contributed by atoms with Crippen LogP contribution in [0.3, 0.4) is 0 Å². The van der Waals surface area contributed by atoms with Crippen molar-refractivity contribution >= 4 is 23.5 Å². The maximum absolute atomic E-state index is 12.6. The van der Waals surface area contributed by atoms with Crippen molar-refractivity contribution in [1.82, 2.24) is 4.90 Å². The monoisotopic (exact) mass is 309 g/mol. The standard InChI is InChI=1S/C16H20ClNO3/c1-10-6-13(16(20)21)9-18(8-10)15(19)11(2)12-4-3-5-14(17)7-12/h3-5,7,10-11,13H,6,8-9H2,1-2H3,(H,20,21). The second kappa shape index (κ2) is 6.48. The molecule has 3 atom stereocenters. The molecule has 1 aliphatic heterocycles. The fourth-order valence-corrected chi connectivity index (χ4v) is 3.10. The summed E-state index contributed by atoms with van der Waals surface area (Å²) in [6.45, 7) is 4.74. The molecule has 1 N–H and O–H groups in total. The predicted octanol–water partition coefficient (Wildman–Crippen LogP) is 3.01. The van der Waals surface area contributed by atoms with E-state index in [1.54, 1.807) is 17.0 Å². The van der Waals surface area contributed by atoms with Crippen LogP contribution in [-0.2, 0) is 9.59 Å². The van der Waals surface area contributed by atoms with Crippen LogP contribution in [0, 0.1) is 11.8 Å². The van der Waals surface area contributed by atoms with Gasteiger partial charge in [0.05, 0.1) is 11.8 Å². The smallest absolute Gasteiger partial charge is 0.308 e. The van der Waals surface area contributed by atoms with Crippen molar-refractivity contribution in [3.8, 4) is 0 Å². The van der Waals surface area contributed by atoms with E-state index in [-0.39, 0.29) is 17.7 Å². The third-order valence-corrected chi connectivity index (χ3v) is 4.27. The summed E-state index contributed by atoms with van der Waals surface area (Å²) in [4.78, 5) is 25.5. The predicted molar refractivity (Wildman–Crippen MR) is 81.4 cm³/mol. The fraction of sp³-hybridized carbons (Fsp3) is 0.500. The third kappa shape index (κ3) is 3.76. The largest absolute Gasteiger partial charge is 0.481 e. The van der Waals surface area contributed by atoms with Crippen LogP contribution in [0.5, 0.6) is 0 Å². The van der Waals surface area contributed by atoms with E-state index in [1.807, 2.05) is 26.0 Å². The molecule has 3 unspecified atom stereocenters. The number of carboxylic acids is 1. The highest BCUT2D eigenvalue weighted by Crippen LogP contribution is 2.27. The van der Waals surface area contributed by atoms with Crippen molar-refractivity contribution < 1.29 is 14.7 Å². The van der Waals surface area contributed by atoms with Crippen molar-refractivity contribution in [2.45, 2.75) is 26.2 Å². The number of benzene rings is 1. The Hall–Kier alpha value is -1.55. The topological polar surface area (TPSA) is 57.6 Å². The molecular formula is C16H20ClNO3. The number of halogens is 1. The summed E-state index contributed by atoms with van der Waals surface area (Å²) in [5, 5.41) is 9.79. The second-order valence-electron chi connectivity index (χ2n) is 5.90. The lowest BCUT2D eigenvalue weighted by molar-refractivity contribution is -0.147. The zero-order valence-electron chi connectivity index (χ0n) is 12.3. The van der Waals surface area contributed by atoms with Crippen LogP contribution >= 0.6 is 11.6 Å². The normalized spacial score (nSPS) is 23.7. The number of hydrogen-bond acceptors (Lipinski definition) is 2. The minimum absolute atomic E-state index is 0.0323. The highest BCUT2D eigenvalue weighted by atomic mass is 35.5. The molecule has 1 saturated heterocycles. The van der Waals surface area contributed by atoms with Crippen LogP contribution in [0.15, 0.2) is 24.3 Å². The van der Waals surface area contributed by atoms with E-state index in [9.17, 15) is 14.7 Å². The van der Waals surface area contributed by atoms with Gasteiger partial charge in [-0.3, -0.25) is 9.59 Å². The number of amides is 1. The first kappa shape index (κ1) is 15.8. The van der Waals surface area contributed by atoms with Gasteiger partial charge in [0.2, 0.25) is 5.91 Å². The molecule has 1 heterocycles. The molecule has 5 heteroatoms. The van der Waals surface area contributed by atoms with Gasteiger partial charge in [-0.25, -0.2) is 0 Å². The van der Waals surface area contributed by atoms with Gasteiger partial charge in [0.15, 0.2) is 0 Å². The van der Waals surface area contributed by atoms with Gasteiger partial charge in [-0.05, 0) is 37.0 Å². The molecule has 114 valence electrons. The molecule has 1 aromatic rings. The summed E-state index contributed by atoms with van der Waals surface area (Å²) in [5.41, 5.74) is 0.859. The average Bonchev–Trinajstić information content (AvgIpc) is 2.45. The summed E-state index contributed by atoms with van der Waals surface area (Å²) in [6.07, 6.45) is 0.630. The van der Waals surface area contributed by atoms with Crippen molar-refractivity contribution in [1.29, 1.82) is 0 Å². The Morgan fingerprint density at radius 1 is 1.38 bits per heavy atom. The summed E-state index contributed by atoms with van der Waals surface area (Å²) >= 11 is 5.96. The summed E-state index contributed by atoms with van der Waals surface area (Å²) in [6, 6.07) is 7.24. The molecule has 0 aromatic heterocycles. The number of piperidine rings is 1. The fourth-order valence-electron chi connectivity index (χ4n) is 2.90. The summed E-state index contributed by atoms with van der Waals surface area (Å²) < 4.78 is 0. The quantitative estimate of drug-likeness (QED) is 0.933. The summed E-state index contributed by atoms with van der Waals surface area (Å²) in [7, 11) is 0. The number of rotatable bonds is 3. The Kier molecular flexibility index (Phi) is 4.88. The van der Waals surface area contributed by atoms with Gasteiger partial charge in [-0.2, -0.15) is 0 Å². The first-order valence-electron chi connectivity index (χ1n) is 7.15. The van der Waals surface area contributed by atoms with Gasteiger partial charge in [0.25, 0.3) is 0 Å². The molecule has 1 aromatic carbocycles. The Morgan fingerprint density at radius 3 is 2.71 bits per heavy atom. The van der Waals surface area contributed by atoms with Crippen LogP contribution in [-0.4, -0.2) is 35.0 Å². The number of carbonyl (C=O) groups is 2. The number of carbonyl (C=O) groups excluding carboxylic acids is 1. The second-order valence-corrected chi connectivity index (χ2v) is 6.33. The SMILES string of the molecule is CC1CC(C(=O)O)CN(C(=O)C(C)c2cccc(Cl)c2)C1. The molecular weight excluding hydrogens is 290 g/mol. The number of hydrogen-bond donors (Lipinski definition) is 1. The van der Waals surface area contributed by atoms with E-state index in [4.69, 9.17) is 11.6 Å². The van der Waals surface area contributed by atoms with Crippen LogP contribution in [0.2, 0.25) is 5.02 Å². The first-order valence-corrected chi connectivity index (χ1v) is 7.53. The van der Waals surface area contributed by atoms with E-state index in [0.29, 0.717) is 24.5 Å². The van der Waals surface area contributed by atoms with Crippen molar-refractivity contribution in [3.05, 3.63) is 34.9 Å². The first-order chi connectivity index (χ1) is 9.88. The maximum atomic E-state index is 12.6. The van der Waals surface area contributed by atoms with E-state index >= 15 is 0 Å². The average molecular weight is 310 g/mol. The highest BCUT2D eigenvalue weighted by Gasteiger charge is 2.33. The van der Waals surface area contributed by atoms with Gasteiger partial charge in [-0.15, -0.1) is 0 Å². The molecule has 0 bridgehead atoms. The Bertz CT molecular complexity index is 546. The minimum Gasteiger partial charge on any atom is -0.481 e. The lowest BCUT2D eigenvalue weighted by Crippen LogP contribution is -2.46. The molecule has 0 saturated carbocycles. The zero-order valence-corrected chi connectivity index (χ0v) is 13.0. The molecule has 1 fully saturated rings. The van der Waals surface area contributed by atoms with Gasteiger partial charge >= 0.3 is 5.97 Å². The summed E-state index contributed by atoms with van der Waals surface area (Å²) in [5.74, 6) is -1.44. The molecule has 1 amide bonds. The Morgan fingerprint density at radius 2 is 2.10 bits per heavy atom. The van der Waals surface area contributed by atoms with Crippen molar-refractivity contribution in [3.63, 3.8) is 0 Å². The molecule has 21 heavy (non-hydrogen) atoms. The van der Waals surface area contributed by atoms with Gasteiger partial charge < -0.3 is 10.0 Å². The number of nitrogens with zero attached hydrogens (tertiary/aromatic N) is 1. The molecule has 4 nitrogen and oxygen atoms in total. The van der Waals surface area contributed by atoms with Gasteiger partial charge in [0, 0.05) is 18.1 Å². The van der Waals surface area contributed by atoms with E-state index < -0.39 is 11.9 Å². The van der Waals surface area contributed by atoms with Gasteiger partial charge in [0.1, 0.15) is 0 Å². The van der Waals surface area contributed by atoms with E-state index in [1.165, 1.54) is 0 Å². The van der Waals surface area contributed by atoms with E-state index in [2.05, 4.69) is 0 Å². The molecule has 0 aliphatic carbocycles. The van der Waals surface area contributed by atoms with Crippen LogP contribution in [0.1, 0.15) is 31.7 Å². The Balaban J connectivity index is 2.13. The number of likely N-dealkylation sites (tertiary alicyclic amines) is 1. The minimum atomic E-state index is -0.824. The van der Waals surface area contributed by atoms with Crippen LogP contribution < -0.4 is 0 Å². The zero-order chi connectivity index (χ0) is 15.6. The van der Waals surface area contributed by atoms with Crippen LogP contribution in [0.25, 0.3) is 0 Å². The third-order valence-electron chi connectivity index (χ3n) is 4.04. The number of aliphatic carboxylic acids is 1. The molecule has 2 rings (SSSR count). The number of carboxylic acid groups (broad SMARTS) is 1. The van der Waals surface area contributed by atoms with E-state index in [0.717, 1.165) is 5.56 Å². The molecule has 0 spiro atoms. The lowest BCUT2D eigenvalue weighted by atomic mass is 9.89. The van der Waals surface area contributed by atoms with Crippen LogP contribution in [0.4, 0.5) is 0 Å². The van der Waals surface area contributed by atoms with Crippen molar-refractivity contribution in [2.24, 2.45) is 11.8 Å². The molecule has 0 radical (unpaired) electrons. The Labute approximate surface area is 129 Å². The maximum Gasteiger partial charge on any atom is 0.308 e. The van der Waals surface area contributed by atoms with Crippen molar-refractivity contribution in [2.75, 3.05) is 13.1 Å².